The molecule has 0 fully saturated rings. The van der Waals surface area contributed by atoms with Gasteiger partial charge in [0.1, 0.15) is 5.15 Å². The van der Waals surface area contributed by atoms with Crippen LogP contribution in [0.2, 0.25) is 5.15 Å². The van der Waals surface area contributed by atoms with Crippen molar-refractivity contribution >= 4 is 17.6 Å². The van der Waals surface area contributed by atoms with Gasteiger partial charge in [-0.1, -0.05) is 18.5 Å². The van der Waals surface area contributed by atoms with E-state index in [0.717, 1.165) is 12.0 Å². The summed E-state index contributed by atoms with van der Waals surface area (Å²) in [6.45, 7) is 1.94. The van der Waals surface area contributed by atoms with Crippen molar-refractivity contribution < 1.29 is 9.53 Å². The first-order valence-corrected chi connectivity index (χ1v) is 4.29. The number of halogens is 1. The summed E-state index contributed by atoms with van der Waals surface area (Å²) in [5, 5.41) is 0.303. The van der Waals surface area contributed by atoms with Gasteiger partial charge in [0.05, 0.1) is 12.7 Å². The Morgan fingerprint density at radius 2 is 2.38 bits per heavy atom. The van der Waals surface area contributed by atoms with Crippen LogP contribution in [0.1, 0.15) is 22.8 Å². The van der Waals surface area contributed by atoms with Gasteiger partial charge in [0.25, 0.3) is 0 Å². The molecule has 0 atom stereocenters. The van der Waals surface area contributed by atoms with E-state index in [9.17, 15) is 4.79 Å². The van der Waals surface area contributed by atoms with Crippen molar-refractivity contribution in [2.24, 2.45) is 0 Å². The minimum absolute atomic E-state index is 0.303. The van der Waals surface area contributed by atoms with Crippen LogP contribution in [0.4, 0.5) is 0 Å². The van der Waals surface area contributed by atoms with E-state index in [2.05, 4.69) is 9.72 Å². The maximum Gasteiger partial charge on any atom is 0.338 e. The van der Waals surface area contributed by atoms with Gasteiger partial charge in [-0.25, -0.2) is 9.78 Å². The zero-order chi connectivity index (χ0) is 9.84. The van der Waals surface area contributed by atoms with E-state index in [-0.39, 0.29) is 5.97 Å². The lowest BCUT2D eigenvalue weighted by Crippen LogP contribution is -2.05. The zero-order valence-electron chi connectivity index (χ0n) is 7.50. The summed E-state index contributed by atoms with van der Waals surface area (Å²) in [6.07, 6.45) is 2.32. The number of esters is 1. The van der Waals surface area contributed by atoms with Crippen molar-refractivity contribution in [3.63, 3.8) is 0 Å². The van der Waals surface area contributed by atoms with Crippen molar-refractivity contribution in [1.29, 1.82) is 0 Å². The molecule has 0 N–H and O–H groups in total. The average Bonchev–Trinajstić information content (AvgIpc) is 2.16. The Kier molecular flexibility index (Phi) is 3.25. The second-order valence-electron chi connectivity index (χ2n) is 2.51. The summed E-state index contributed by atoms with van der Waals surface area (Å²) in [5.41, 5.74) is 1.33. The molecule has 0 saturated carbocycles. The predicted octanol–water partition coefficient (Wildman–Crippen LogP) is 2.08. The molecule has 0 unspecified atom stereocenters. The smallest absolute Gasteiger partial charge is 0.338 e. The Hall–Kier alpha value is -1.09. The summed E-state index contributed by atoms with van der Waals surface area (Å²) in [6, 6.07) is 1.52. The molecule has 1 aromatic heterocycles. The SMILES string of the molecule is CCc1cnc(Cl)cc1C(=O)OC. The van der Waals surface area contributed by atoms with Crippen molar-refractivity contribution in [3.05, 3.63) is 28.5 Å². The van der Waals surface area contributed by atoms with E-state index in [1.807, 2.05) is 6.92 Å². The van der Waals surface area contributed by atoms with Gasteiger partial charge < -0.3 is 4.74 Å². The third kappa shape index (κ3) is 2.18. The molecule has 70 valence electrons. The fourth-order valence-electron chi connectivity index (χ4n) is 1.04. The van der Waals surface area contributed by atoms with Gasteiger partial charge in [-0.3, -0.25) is 0 Å². The number of hydrogen-bond donors (Lipinski definition) is 0. The Morgan fingerprint density at radius 1 is 1.69 bits per heavy atom. The van der Waals surface area contributed by atoms with Crippen LogP contribution in [-0.2, 0) is 11.2 Å². The summed E-state index contributed by atoms with van der Waals surface area (Å²) in [7, 11) is 1.34. The molecule has 13 heavy (non-hydrogen) atoms. The standard InChI is InChI=1S/C9H10ClNO2/c1-3-6-5-11-8(10)4-7(6)9(12)13-2/h4-5H,3H2,1-2H3. The third-order valence-corrected chi connectivity index (χ3v) is 1.95. The van der Waals surface area contributed by atoms with Crippen molar-refractivity contribution in [1.82, 2.24) is 4.98 Å². The minimum Gasteiger partial charge on any atom is -0.465 e. The molecule has 1 aromatic rings. The first-order valence-electron chi connectivity index (χ1n) is 3.91. The summed E-state index contributed by atoms with van der Waals surface area (Å²) in [4.78, 5) is 15.1. The van der Waals surface area contributed by atoms with E-state index in [1.165, 1.54) is 13.2 Å². The van der Waals surface area contributed by atoms with Gasteiger partial charge in [0, 0.05) is 6.20 Å². The number of ether oxygens (including phenoxy) is 1. The van der Waals surface area contributed by atoms with Crippen LogP contribution < -0.4 is 0 Å². The first-order chi connectivity index (χ1) is 6.19. The monoisotopic (exact) mass is 199 g/mol. The Bertz CT molecular complexity index is 325. The number of aryl methyl sites for hydroxylation is 1. The highest BCUT2D eigenvalue weighted by molar-refractivity contribution is 6.29. The van der Waals surface area contributed by atoms with Crippen LogP contribution in [0.3, 0.4) is 0 Å². The second-order valence-corrected chi connectivity index (χ2v) is 2.90. The van der Waals surface area contributed by atoms with Gasteiger partial charge in [0.15, 0.2) is 0 Å². The summed E-state index contributed by atoms with van der Waals surface area (Å²) >= 11 is 5.66. The molecule has 0 radical (unpaired) electrons. The molecular formula is C9H10ClNO2. The van der Waals surface area contributed by atoms with Crippen LogP contribution in [-0.4, -0.2) is 18.1 Å². The van der Waals surface area contributed by atoms with Gasteiger partial charge in [-0.15, -0.1) is 0 Å². The van der Waals surface area contributed by atoms with Crippen LogP contribution in [0, 0.1) is 0 Å². The van der Waals surface area contributed by atoms with E-state index >= 15 is 0 Å². The molecule has 0 spiro atoms. The van der Waals surface area contributed by atoms with E-state index < -0.39 is 0 Å². The van der Waals surface area contributed by atoms with E-state index in [0.29, 0.717) is 10.7 Å². The first kappa shape index (κ1) is 9.99. The summed E-state index contributed by atoms with van der Waals surface area (Å²) < 4.78 is 4.61. The largest absolute Gasteiger partial charge is 0.465 e. The maximum atomic E-state index is 11.2. The fourth-order valence-corrected chi connectivity index (χ4v) is 1.20. The quantitative estimate of drug-likeness (QED) is 0.541. The molecule has 3 nitrogen and oxygen atoms in total. The highest BCUT2D eigenvalue weighted by Gasteiger charge is 2.11. The fraction of sp³-hybridized carbons (Fsp3) is 0.333. The number of nitrogens with zero attached hydrogens (tertiary/aromatic N) is 1. The maximum absolute atomic E-state index is 11.2. The topological polar surface area (TPSA) is 39.2 Å². The van der Waals surface area contributed by atoms with E-state index in [1.54, 1.807) is 6.20 Å². The molecule has 0 bridgehead atoms. The normalized spacial score (nSPS) is 9.77. The lowest BCUT2D eigenvalue weighted by molar-refractivity contribution is 0.0599. The lowest BCUT2D eigenvalue weighted by atomic mass is 10.1. The molecule has 0 saturated heterocycles. The van der Waals surface area contributed by atoms with Crippen LogP contribution in [0.25, 0.3) is 0 Å². The molecular weight excluding hydrogens is 190 g/mol. The molecule has 1 rings (SSSR count). The van der Waals surface area contributed by atoms with Gasteiger partial charge in [0.2, 0.25) is 0 Å². The number of hydrogen-bond acceptors (Lipinski definition) is 3. The number of methoxy groups -OCH3 is 1. The van der Waals surface area contributed by atoms with Crippen molar-refractivity contribution in [2.75, 3.05) is 7.11 Å². The Labute approximate surface area is 81.7 Å². The second kappa shape index (κ2) is 4.23. The Morgan fingerprint density at radius 3 is 2.92 bits per heavy atom. The molecule has 0 aromatic carbocycles. The minimum atomic E-state index is -0.374. The van der Waals surface area contributed by atoms with Gasteiger partial charge in [-0.2, -0.15) is 0 Å². The van der Waals surface area contributed by atoms with Gasteiger partial charge >= 0.3 is 5.97 Å². The van der Waals surface area contributed by atoms with Crippen LogP contribution in [0.5, 0.6) is 0 Å². The highest BCUT2D eigenvalue weighted by atomic mass is 35.5. The molecule has 1 heterocycles. The molecule has 0 aliphatic rings. The van der Waals surface area contributed by atoms with Crippen LogP contribution >= 0.6 is 11.6 Å². The molecule has 0 aliphatic heterocycles. The zero-order valence-corrected chi connectivity index (χ0v) is 8.26. The number of carbonyl (C=O) groups is 1. The Balaban J connectivity index is 3.15. The molecule has 4 heteroatoms. The number of pyridine rings is 1. The highest BCUT2D eigenvalue weighted by Crippen LogP contribution is 2.14. The van der Waals surface area contributed by atoms with Crippen molar-refractivity contribution in [3.8, 4) is 0 Å². The number of carbonyl (C=O) groups excluding carboxylic acids is 1. The van der Waals surface area contributed by atoms with Gasteiger partial charge in [-0.05, 0) is 18.1 Å². The number of aromatic nitrogens is 1. The summed E-state index contributed by atoms with van der Waals surface area (Å²) in [5.74, 6) is -0.374. The number of rotatable bonds is 2. The van der Waals surface area contributed by atoms with E-state index in [4.69, 9.17) is 11.6 Å². The average molecular weight is 200 g/mol. The van der Waals surface area contributed by atoms with Crippen LogP contribution in [0.15, 0.2) is 12.3 Å². The lowest BCUT2D eigenvalue weighted by Gasteiger charge is -2.04. The molecule has 0 aliphatic carbocycles. The molecule has 0 amide bonds. The van der Waals surface area contributed by atoms with Crippen molar-refractivity contribution in [2.45, 2.75) is 13.3 Å². The third-order valence-electron chi connectivity index (χ3n) is 1.74. The predicted molar refractivity (Wildman–Crippen MR) is 50.0 cm³/mol.